The van der Waals surface area contributed by atoms with Gasteiger partial charge in [0.05, 0.1) is 0 Å². The van der Waals surface area contributed by atoms with Crippen molar-refractivity contribution in [3.63, 3.8) is 0 Å². The molecule has 0 aromatic heterocycles. The first-order chi connectivity index (χ1) is 13.7. The molecule has 0 heterocycles. The van der Waals surface area contributed by atoms with Crippen LogP contribution in [0.4, 0.5) is 0 Å². The Hall–Kier alpha value is -3.11. The van der Waals surface area contributed by atoms with Crippen LogP contribution < -0.4 is 10.6 Å². The summed E-state index contributed by atoms with van der Waals surface area (Å²) in [5.74, 6) is 0.204. The van der Waals surface area contributed by atoms with Gasteiger partial charge in [-0.1, -0.05) is 60.7 Å². The first-order valence-electron chi connectivity index (χ1n) is 9.53. The standard InChI is InChI=1S/C24H26N2O2/c1-25-24(28)20-11-7-10-19(16-20)17-26-22(21-12-5-6-13-23(21)27)15-14-18-8-3-2-4-9-18/h2-13,16,22,26-27H,14-15,17H2,1H3,(H,25,28). The predicted molar refractivity (Wildman–Crippen MR) is 112 cm³/mol. The van der Waals surface area contributed by atoms with E-state index in [9.17, 15) is 9.90 Å². The smallest absolute Gasteiger partial charge is 0.251 e. The molecule has 0 aliphatic carbocycles. The number of phenolic OH excluding ortho intramolecular Hbond substituents is 1. The summed E-state index contributed by atoms with van der Waals surface area (Å²) in [6.07, 6.45) is 1.77. The second-order valence-electron chi connectivity index (χ2n) is 6.80. The summed E-state index contributed by atoms with van der Waals surface area (Å²) in [7, 11) is 1.63. The Morgan fingerprint density at radius 2 is 1.64 bits per heavy atom. The SMILES string of the molecule is CNC(=O)c1cccc(CNC(CCc2ccccc2)c2ccccc2O)c1. The summed E-state index contributed by atoms with van der Waals surface area (Å²) < 4.78 is 0. The van der Waals surface area contributed by atoms with Crippen LogP contribution in [0.15, 0.2) is 78.9 Å². The van der Waals surface area contributed by atoms with Crippen LogP contribution in [0.1, 0.15) is 39.5 Å². The molecule has 3 rings (SSSR count). The van der Waals surface area contributed by atoms with Gasteiger partial charge in [0.1, 0.15) is 5.75 Å². The number of benzene rings is 3. The minimum atomic E-state index is -0.0943. The van der Waals surface area contributed by atoms with Gasteiger partial charge in [-0.15, -0.1) is 0 Å². The number of phenols is 1. The lowest BCUT2D eigenvalue weighted by atomic mass is 9.97. The molecule has 3 aromatic carbocycles. The van der Waals surface area contributed by atoms with Crippen LogP contribution in [0.3, 0.4) is 0 Å². The van der Waals surface area contributed by atoms with E-state index in [0.717, 1.165) is 24.0 Å². The highest BCUT2D eigenvalue weighted by Crippen LogP contribution is 2.27. The number of rotatable bonds is 8. The maximum atomic E-state index is 11.9. The fourth-order valence-electron chi connectivity index (χ4n) is 3.31. The third kappa shape index (κ3) is 5.21. The van der Waals surface area contributed by atoms with Crippen LogP contribution in [-0.4, -0.2) is 18.1 Å². The van der Waals surface area contributed by atoms with E-state index in [1.807, 2.05) is 54.6 Å². The van der Waals surface area contributed by atoms with Gasteiger partial charge in [0.2, 0.25) is 0 Å². The van der Waals surface area contributed by atoms with Crippen molar-refractivity contribution in [2.24, 2.45) is 0 Å². The zero-order chi connectivity index (χ0) is 19.8. The molecule has 3 aromatic rings. The van der Waals surface area contributed by atoms with Crippen molar-refractivity contribution in [2.75, 3.05) is 7.05 Å². The summed E-state index contributed by atoms with van der Waals surface area (Å²) in [6, 6.07) is 25.4. The quantitative estimate of drug-likeness (QED) is 0.553. The van der Waals surface area contributed by atoms with Crippen LogP contribution in [-0.2, 0) is 13.0 Å². The van der Waals surface area contributed by atoms with Crippen molar-refractivity contribution in [2.45, 2.75) is 25.4 Å². The van der Waals surface area contributed by atoms with E-state index in [2.05, 4.69) is 22.8 Å². The lowest BCUT2D eigenvalue weighted by Crippen LogP contribution is -2.22. The number of aryl methyl sites for hydroxylation is 1. The van der Waals surface area contributed by atoms with E-state index in [4.69, 9.17) is 0 Å². The van der Waals surface area contributed by atoms with Gasteiger partial charge in [-0.3, -0.25) is 4.79 Å². The van der Waals surface area contributed by atoms with Crippen molar-refractivity contribution in [1.29, 1.82) is 0 Å². The van der Waals surface area contributed by atoms with Crippen LogP contribution in [0, 0.1) is 0 Å². The number of hydrogen-bond acceptors (Lipinski definition) is 3. The molecule has 0 radical (unpaired) electrons. The minimum absolute atomic E-state index is 0.00469. The van der Waals surface area contributed by atoms with Gasteiger partial charge in [-0.05, 0) is 42.2 Å². The highest BCUT2D eigenvalue weighted by atomic mass is 16.3. The van der Waals surface area contributed by atoms with Gasteiger partial charge in [0.25, 0.3) is 5.91 Å². The molecule has 0 bridgehead atoms. The molecule has 0 aliphatic heterocycles. The topological polar surface area (TPSA) is 61.4 Å². The average Bonchev–Trinajstić information content (AvgIpc) is 2.75. The zero-order valence-corrected chi connectivity index (χ0v) is 16.1. The van der Waals surface area contributed by atoms with E-state index in [-0.39, 0.29) is 11.9 Å². The maximum absolute atomic E-state index is 11.9. The number of nitrogens with one attached hydrogen (secondary N) is 2. The molecule has 28 heavy (non-hydrogen) atoms. The molecular weight excluding hydrogens is 348 g/mol. The number of carbonyl (C=O) groups is 1. The predicted octanol–water partition coefficient (Wildman–Crippen LogP) is 4.22. The van der Waals surface area contributed by atoms with Crippen molar-refractivity contribution in [3.8, 4) is 5.75 Å². The molecule has 0 saturated carbocycles. The molecule has 1 unspecified atom stereocenters. The summed E-state index contributed by atoms with van der Waals surface area (Å²) >= 11 is 0. The van der Waals surface area contributed by atoms with Crippen molar-refractivity contribution < 1.29 is 9.90 Å². The Labute approximate surface area is 166 Å². The molecule has 3 N–H and O–H groups in total. The first-order valence-corrected chi connectivity index (χ1v) is 9.53. The Bertz CT molecular complexity index is 909. The first kappa shape index (κ1) is 19.6. The second-order valence-corrected chi connectivity index (χ2v) is 6.80. The fraction of sp³-hybridized carbons (Fsp3) is 0.208. The van der Waals surface area contributed by atoms with Crippen molar-refractivity contribution in [1.82, 2.24) is 10.6 Å². The Morgan fingerprint density at radius 1 is 0.929 bits per heavy atom. The largest absolute Gasteiger partial charge is 0.508 e. The summed E-state index contributed by atoms with van der Waals surface area (Å²) in [4.78, 5) is 11.9. The number of carbonyl (C=O) groups excluding carboxylic acids is 1. The van der Waals surface area contributed by atoms with Crippen molar-refractivity contribution in [3.05, 3.63) is 101 Å². The average molecular weight is 374 g/mol. The summed E-state index contributed by atoms with van der Waals surface area (Å²) in [5, 5.41) is 16.5. The molecule has 4 heteroatoms. The molecule has 0 fully saturated rings. The second kappa shape index (κ2) is 9.72. The van der Waals surface area contributed by atoms with E-state index in [1.54, 1.807) is 19.2 Å². The molecule has 1 amide bonds. The highest BCUT2D eigenvalue weighted by Gasteiger charge is 2.15. The van der Waals surface area contributed by atoms with Gasteiger partial charge < -0.3 is 15.7 Å². The van der Waals surface area contributed by atoms with Gasteiger partial charge in [0, 0.05) is 30.8 Å². The van der Waals surface area contributed by atoms with Gasteiger partial charge in [-0.2, -0.15) is 0 Å². The monoisotopic (exact) mass is 374 g/mol. The Kier molecular flexibility index (Phi) is 6.82. The van der Waals surface area contributed by atoms with Crippen LogP contribution in [0.2, 0.25) is 0 Å². The van der Waals surface area contributed by atoms with E-state index in [1.165, 1.54) is 5.56 Å². The normalized spacial score (nSPS) is 11.8. The maximum Gasteiger partial charge on any atom is 0.251 e. The molecule has 0 spiro atoms. The van der Waals surface area contributed by atoms with Crippen molar-refractivity contribution >= 4 is 5.91 Å². The Morgan fingerprint density at radius 3 is 2.39 bits per heavy atom. The number of para-hydroxylation sites is 1. The summed E-state index contributed by atoms with van der Waals surface area (Å²) in [5.41, 5.74) is 3.83. The molecule has 1 atom stereocenters. The lowest BCUT2D eigenvalue weighted by molar-refractivity contribution is 0.0963. The summed E-state index contributed by atoms with van der Waals surface area (Å²) in [6.45, 7) is 0.610. The number of amides is 1. The van der Waals surface area contributed by atoms with E-state index < -0.39 is 0 Å². The fourth-order valence-corrected chi connectivity index (χ4v) is 3.31. The molecule has 0 saturated heterocycles. The van der Waals surface area contributed by atoms with Crippen LogP contribution in [0.25, 0.3) is 0 Å². The molecule has 4 nitrogen and oxygen atoms in total. The molecule has 0 aliphatic rings. The van der Waals surface area contributed by atoms with Crippen LogP contribution in [0.5, 0.6) is 5.75 Å². The highest BCUT2D eigenvalue weighted by molar-refractivity contribution is 5.94. The van der Waals surface area contributed by atoms with E-state index >= 15 is 0 Å². The zero-order valence-electron chi connectivity index (χ0n) is 16.1. The third-order valence-corrected chi connectivity index (χ3v) is 4.85. The van der Waals surface area contributed by atoms with Crippen LogP contribution >= 0.6 is 0 Å². The van der Waals surface area contributed by atoms with Gasteiger partial charge >= 0.3 is 0 Å². The van der Waals surface area contributed by atoms with Gasteiger partial charge in [-0.25, -0.2) is 0 Å². The lowest BCUT2D eigenvalue weighted by Gasteiger charge is -2.21. The minimum Gasteiger partial charge on any atom is -0.508 e. The molecule has 144 valence electrons. The number of aromatic hydroxyl groups is 1. The third-order valence-electron chi connectivity index (χ3n) is 4.85. The molecular formula is C24H26N2O2. The Balaban J connectivity index is 1.74. The van der Waals surface area contributed by atoms with Gasteiger partial charge in [0.15, 0.2) is 0 Å². The number of hydrogen-bond donors (Lipinski definition) is 3. The van der Waals surface area contributed by atoms with E-state index in [0.29, 0.717) is 17.9 Å².